The van der Waals surface area contributed by atoms with Crippen LogP contribution < -0.4 is 0 Å². The maximum absolute atomic E-state index is 10.7. The van der Waals surface area contributed by atoms with E-state index < -0.39 is 0 Å². The van der Waals surface area contributed by atoms with E-state index in [4.69, 9.17) is 0 Å². The quantitative estimate of drug-likeness (QED) is 0.475. The van der Waals surface area contributed by atoms with Gasteiger partial charge in [-0.1, -0.05) is 12.8 Å². The molecule has 1 aliphatic rings. The van der Waals surface area contributed by atoms with Crippen LogP contribution >= 0.6 is 0 Å². The van der Waals surface area contributed by atoms with E-state index in [9.17, 15) is 4.79 Å². The molecular weight excluding hydrogens is 154 g/mol. The largest absolute Gasteiger partial charge is 0.469 e. The van der Waals surface area contributed by atoms with Gasteiger partial charge in [0.25, 0.3) is 0 Å². The number of methoxy groups -OCH3 is 1. The summed E-state index contributed by atoms with van der Waals surface area (Å²) >= 11 is 0. The molecule has 0 aromatic carbocycles. The average molecular weight is 169 g/mol. The minimum atomic E-state index is -0.211. The fourth-order valence-electron chi connectivity index (χ4n) is 1.41. The summed E-state index contributed by atoms with van der Waals surface area (Å²) in [4.78, 5) is 15.0. The summed E-state index contributed by atoms with van der Waals surface area (Å²) in [6, 6.07) is 0.467. The van der Waals surface area contributed by atoms with E-state index in [0.717, 1.165) is 0 Å². The smallest absolute Gasteiger partial charge is 0.310 e. The highest BCUT2D eigenvalue weighted by Gasteiger charge is 2.12. The van der Waals surface area contributed by atoms with Crippen molar-refractivity contribution in [2.75, 3.05) is 7.11 Å². The van der Waals surface area contributed by atoms with Gasteiger partial charge in [0.05, 0.1) is 13.5 Å². The third-order valence-corrected chi connectivity index (χ3v) is 2.13. The molecule has 0 unspecified atom stereocenters. The zero-order valence-corrected chi connectivity index (χ0v) is 7.45. The van der Waals surface area contributed by atoms with Gasteiger partial charge in [-0.15, -0.1) is 0 Å². The van der Waals surface area contributed by atoms with Crippen LogP contribution in [0.2, 0.25) is 0 Å². The van der Waals surface area contributed by atoms with Crippen LogP contribution in [0.3, 0.4) is 0 Å². The van der Waals surface area contributed by atoms with Crippen molar-refractivity contribution in [1.29, 1.82) is 0 Å². The third kappa shape index (κ3) is 3.03. The first-order valence-electron chi connectivity index (χ1n) is 4.41. The Kier molecular flexibility index (Phi) is 3.77. The average Bonchev–Trinajstić information content (AvgIpc) is 2.57. The molecule has 12 heavy (non-hydrogen) atoms. The Bertz CT molecular complexity index is 171. The molecular formula is C9H15NO2. The molecule has 3 nitrogen and oxygen atoms in total. The molecule has 0 amide bonds. The molecule has 1 fully saturated rings. The first-order valence-corrected chi connectivity index (χ1v) is 4.41. The highest BCUT2D eigenvalue weighted by molar-refractivity contribution is 5.85. The highest BCUT2D eigenvalue weighted by Crippen LogP contribution is 2.20. The van der Waals surface area contributed by atoms with Gasteiger partial charge >= 0.3 is 5.97 Å². The first-order chi connectivity index (χ1) is 5.83. The van der Waals surface area contributed by atoms with E-state index in [2.05, 4.69) is 9.73 Å². The number of nitrogens with zero attached hydrogens (tertiary/aromatic N) is 1. The normalized spacial score (nSPS) is 18.8. The lowest BCUT2D eigenvalue weighted by Gasteiger charge is -1.99. The van der Waals surface area contributed by atoms with Crippen LogP contribution in [0.1, 0.15) is 32.1 Å². The summed E-state index contributed by atoms with van der Waals surface area (Å²) in [5.41, 5.74) is 0. The number of esters is 1. The Morgan fingerprint density at radius 3 is 2.83 bits per heavy atom. The molecule has 1 saturated carbocycles. The molecule has 0 saturated heterocycles. The molecule has 0 radical (unpaired) electrons. The van der Waals surface area contributed by atoms with Gasteiger partial charge < -0.3 is 4.74 Å². The van der Waals surface area contributed by atoms with E-state index in [1.165, 1.54) is 32.8 Å². The summed E-state index contributed by atoms with van der Waals surface area (Å²) < 4.78 is 4.48. The molecule has 0 spiro atoms. The molecule has 3 heteroatoms. The molecule has 0 aliphatic heterocycles. The van der Waals surface area contributed by atoms with Crippen molar-refractivity contribution >= 4 is 12.2 Å². The van der Waals surface area contributed by atoms with Gasteiger partial charge in [-0.3, -0.25) is 9.79 Å². The van der Waals surface area contributed by atoms with Crippen molar-refractivity contribution < 1.29 is 9.53 Å². The van der Waals surface area contributed by atoms with E-state index in [-0.39, 0.29) is 5.97 Å². The summed E-state index contributed by atoms with van der Waals surface area (Å²) in [6.45, 7) is 0. The number of ether oxygens (including phenoxy) is 1. The predicted octanol–water partition coefficient (Wildman–Crippen LogP) is 1.56. The van der Waals surface area contributed by atoms with Crippen LogP contribution in [0.25, 0.3) is 0 Å². The number of carbonyl (C=O) groups excluding carboxylic acids is 1. The molecule has 1 aliphatic carbocycles. The lowest BCUT2D eigenvalue weighted by molar-refractivity contribution is -0.139. The zero-order chi connectivity index (χ0) is 8.81. The molecule has 0 bridgehead atoms. The van der Waals surface area contributed by atoms with Gasteiger partial charge in [0, 0.05) is 12.3 Å². The van der Waals surface area contributed by atoms with Gasteiger partial charge in [0.2, 0.25) is 0 Å². The molecule has 0 aromatic heterocycles. The minimum Gasteiger partial charge on any atom is -0.469 e. The Hall–Kier alpha value is -0.860. The lowest BCUT2D eigenvalue weighted by Crippen LogP contribution is -2.02. The van der Waals surface area contributed by atoms with Gasteiger partial charge in [0.1, 0.15) is 0 Å². The maximum atomic E-state index is 10.7. The van der Waals surface area contributed by atoms with Crippen molar-refractivity contribution in [3.8, 4) is 0 Å². The number of hydrogen-bond donors (Lipinski definition) is 0. The maximum Gasteiger partial charge on any atom is 0.310 e. The Morgan fingerprint density at radius 2 is 2.25 bits per heavy atom. The minimum absolute atomic E-state index is 0.211. The van der Waals surface area contributed by atoms with Crippen molar-refractivity contribution in [3.63, 3.8) is 0 Å². The molecule has 0 heterocycles. The SMILES string of the molecule is COC(=O)CC=NC1CCCC1. The Labute approximate surface area is 72.8 Å². The van der Waals surface area contributed by atoms with Crippen LogP contribution in [-0.2, 0) is 9.53 Å². The number of carbonyl (C=O) groups is 1. The summed E-state index contributed by atoms with van der Waals surface area (Å²) in [5, 5.41) is 0. The second-order valence-electron chi connectivity index (χ2n) is 3.05. The standard InChI is InChI=1S/C9H15NO2/c1-12-9(11)6-7-10-8-4-2-3-5-8/h7-8H,2-6H2,1H3. The third-order valence-electron chi connectivity index (χ3n) is 2.13. The summed E-state index contributed by atoms with van der Waals surface area (Å²) in [7, 11) is 1.39. The van der Waals surface area contributed by atoms with Gasteiger partial charge in [0.15, 0.2) is 0 Å². The van der Waals surface area contributed by atoms with Crippen LogP contribution in [0.4, 0.5) is 0 Å². The monoisotopic (exact) mass is 169 g/mol. The van der Waals surface area contributed by atoms with Crippen molar-refractivity contribution in [1.82, 2.24) is 0 Å². The lowest BCUT2D eigenvalue weighted by atomic mass is 10.3. The highest BCUT2D eigenvalue weighted by atomic mass is 16.5. The predicted molar refractivity (Wildman–Crippen MR) is 47.4 cm³/mol. The Morgan fingerprint density at radius 1 is 1.58 bits per heavy atom. The van der Waals surface area contributed by atoms with Crippen LogP contribution in [-0.4, -0.2) is 25.3 Å². The van der Waals surface area contributed by atoms with Crippen molar-refractivity contribution in [3.05, 3.63) is 0 Å². The van der Waals surface area contributed by atoms with Crippen LogP contribution in [0.5, 0.6) is 0 Å². The second kappa shape index (κ2) is 4.91. The Balaban J connectivity index is 2.16. The van der Waals surface area contributed by atoms with E-state index in [0.29, 0.717) is 12.5 Å². The first kappa shape index (κ1) is 9.23. The molecule has 0 N–H and O–H groups in total. The number of hydrogen-bond acceptors (Lipinski definition) is 3. The number of rotatable bonds is 3. The van der Waals surface area contributed by atoms with E-state index in [1.54, 1.807) is 6.21 Å². The summed E-state index contributed by atoms with van der Waals surface area (Å²) in [6.07, 6.45) is 6.91. The fourth-order valence-corrected chi connectivity index (χ4v) is 1.41. The second-order valence-corrected chi connectivity index (χ2v) is 3.05. The van der Waals surface area contributed by atoms with Crippen LogP contribution in [0.15, 0.2) is 4.99 Å². The van der Waals surface area contributed by atoms with Crippen LogP contribution in [0, 0.1) is 0 Å². The molecule has 0 aromatic rings. The topological polar surface area (TPSA) is 38.7 Å². The molecule has 0 atom stereocenters. The zero-order valence-electron chi connectivity index (χ0n) is 7.45. The molecule has 1 rings (SSSR count). The summed E-state index contributed by atoms with van der Waals surface area (Å²) in [5.74, 6) is -0.211. The van der Waals surface area contributed by atoms with E-state index in [1.807, 2.05) is 0 Å². The van der Waals surface area contributed by atoms with Gasteiger partial charge in [-0.25, -0.2) is 0 Å². The van der Waals surface area contributed by atoms with Crippen molar-refractivity contribution in [2.24, 2.45) is 4.99 Å². The number of aliphatic imine (C=N–C) groups is 1. The molecule has 68 valence electrons. The van der Waals surface area contributed by atoms with Gasteiger partial charge in [-0.05, 0) is 12.8 Å². The van der Waals surface area contributed by atoms with Crippen molar-refractivity contribution in [2.45, 2.75) is 38.1 Å². The van der Waals surface area contributed by atoms with Gasteiger partial charge in [-0.2, -0.15) is 0 Å². The van der Waals surface area contributed by atoms with E-state index >= 15 is 0 Å². The fraction of sp³-hybridized carbons (Fsp3) is 0.778.